The molecule has 0 spiro atoms. The first-order valence-corrected chi connectivity index (χ1v) is 9.57. The molecule has 1 aromatic carbocycles. The summed E-state index contributed by atoms with van der Waals surface area (Å²) in [5, 5.41) is 2.73. The van der Waals surface area contributed by atoms with Gasteiger partial charge in [0.05, 0.1) is 25.4 Å². The van der Waals surface area contributed by atoms with Crippen molar-refractivity contribution >= 4 is 11.9 Å². The van der Waals surface area contributed by atoms with Gasteiger partial charge in [0.2, 0.25) is 5.75 Å². The molecule has 0 aromatic heterocycles. The quantitative estimate of drug-likeness (QED) is 0.417. The van der Waals surface area contributed by atoms with Crippen LogP contribution in [0.15, 0.2) is 12.1 Å². The van der Waals surface area contributed by atoms with Crippen molar-refractivity contribution < 1.29 is 28.5 Å². The van der Waals surface area contributed by atoms with E-state index in [1.807, 2.05) is 20.8 Å². The summed E-state index contributed by atoms with van der Waals surface area (Å²) in [6.07, 6.45) is 3.03. The Morgan fingerprint density at radius 3 is 2.00 bits per heavy atom. The average Bonchev–Trinajstić information content (AvgIpc) is 2.66. The van der Waals surface area contributed by atoms with Gasteiger partial charge in [-0.2, -0.15) is 0 Å². The number of amides is 1. The first-order valence-electron chi connectivity index (χ1n) is 9.57. The monoisotopic (exact) mass is 381 g/mol. The van der Waals surface area contributed by atoms with Crippen molar-refractivity contribution in [2.24, 2.45) is 0 Å². The van der Waals surface area contributed by atoms with E-state index in [-0.39, 0.29) is 18.1 Å². The van der Waals surface area contributed by atoms with Gasteiger partial charge in [0, 0.05) is 6.54 Å². The number of nitrogens with one attached hydrogen (secondary N) is 1. The van der Waals surface area contributed by atoms with Crippen molar-refractivity contribution in [2.75, 3.05) is 33.0 Å². The molecule has 7 heteroatoms. The summed E-state index contributed by atoms with van der Waals surface area (Å²) in [5.41, 5.74) is 0.240. The van der Waals surface area contributed by atoms with Crippen molar-refractivity contribution in [1.82, 2.24) is 5.32 Å². The number of hydrogen-bond acceptors (Lipinski definition) is 6. The second-order valence-electron chi connectivity index (χ2n) is 5.73. The van der Waals surface area contributed by atoms with E-state index in [1.54, 1.807) is 12.1 Å². The first-order chi connectivity index (χ1) is 13.1. The molecule has 0 unspecified atom stereocenters. The predicted molar refractivity (Wildman–Crippen MR) is 103 cm³/mol. The molecule has 27 heavy (non-hydrogen) atoms. The van der Waals surface area contributed by atoms with E-state index in [2.05, 4.69) is 12.2 Å². The Balaban J connectivity index is 2.81. The van der Waals surface area contributed by atoms with Crippen LogP contribution in [0.5, 0.6) is 17.2 Å². The Bertz CT molecular complexity index is 575. The molecule has 0 atom stereocenters. The highest BCUT2D eigenvalue weighted by Crippen LogP contribution is 2.39. The van der Waals surface area contributed by atoms with Crippen LogP contribution in [0, 0.1) is 0 Å². The van der Waals surface area contributed by atoms with Gasteiger partial charge in [0.15, 0.2) is 18.1 Å². The number of esters is 1. The standard InChI is InChI=1S/C20H31NO6/c1-5-9-10-11-21-18(22)14-27-20(23)15-12-16(24-6-2)19(26-8-4)17(13-15)25-7-3/h12-13H,5-11,14H2,1-4H3,(H,21,22). The number of hydrogen-bond donors (Lipinski definition) is 1. The minimum Gasteiger partial charge on any atom is -0.490 e. The molecule has 1 N–H and O–H groups in total. The number of carbonyl (C=O) groups excluding carboxylic acids is 2. The highest BCUT2D eigenvalue weighted by molar-refractivity contribution is 5.92. The Morgan fingerprint density at radius 1 is 0.889 bits per heavy atom. The van der Waals surface area contributed by atoms with Crippen LogP contribution < -0.4 is 19.5 Å². The molecule has 0 heterocycles. The topological polar surface area (TPSA) is 83.1 Å². The molecule has 0 saturated heterocycles. The maximum absolute atomic E-state index is 12.4. The average molecular weight is 381 g/mol. The SMILES string of the molecule is CCCCCNC(=O)COC(=O)c1cc(OCC)c(OCC)c(OCC)c1. The van der Waals surface area contributed by atoms with Crippen molar-refractivity contribution in [1.29, 1.82) is 0 Å². The lowest BCUT2D eigenvalue weighted by atomic mass is 10.2. The van der Waals surface area contributed by atoms with Crippen LogP contribution in [0.1, 0.15) is 57.3 Å². The molecule has 0 aliphatic carbocycles. The molecule has 0 bridgehead atoms. The van der Waals surface area contributed by atoms with E-state index in [1.165, 1.54) is 0 Å². The minimum atomic E-state index is -0.622. The van der Waals surface area contributed by atoms with E-state index < -0.39 is 5.97 Å². The van der Waals surface area contributed by atoms with Crippen LogP contribution in [0.4, 0.5) is 0 Å². The molecule has 0 aliphatic heterocycles. The fraction of sp³-hybridized carbons (Fsp3) is 0.600. The number of rotatable bonds is 13. The number of unbranched alkanes of at least 4 members (excludes halogenated alkanes) is 2. The van der Waals surface area contributed by atoms with Crippen molar-refractivity contribution in [3.05, 3.63) is 17.7 Å². The van der Waals surface area contributed by atoms with Gasteiger partial charge in [-0.05, 0) is 39.3 Å². The maximum atomic E-state index is 12.4. The highest BCUT2D eigenvalue weighted by atomic mass is 16.5. The molecule has 1 aromatic rings. The number of carbonyl (C=O) groups is 2. The zero-order valence-electron chi connectivity index (χ0n) is 16.8. The Kier molecular flexibility index (Phi) is 10.7. The second-order valence-corrected chi connectivity index (χ2v) is 5.73. The normalized spacial score (nSPS) is 10.2. The Morgan fingerprint density at radius 2 is 1.48 bits per heavy atom. The van der Waals surface area contributed by atoms with E-state index >= 15 is 0 Å². The molecule has 0 saturated carbocycles. The van der Waals surface area contributed by atoms with Gasteiger partial charge in [0.1, 0.15) is 0 Å². The maximum Gasteiger partial charge on any atom is 0.338 e. The van der Waals surface area contributed by atoms with Crippen LogP contribution in [-0.2, 0) is 9.53 Å². The van der Waals surface area contributed by atoms with Gasteiger partial charge in [0.25, 0.3) is 5.91 Å². The molecule has 1 rings (SSSR count). The Hall–Kier alpha value is -2.44. The van der Waals surface area contributed by atoms with Crippen LogP contribution >= 0.6 is 0 Å². The van der Waals surface area contributed by atoms with Gasteiger partial charge < -0.3 is 24.3 Å². The van der Waals surface area contributed by atoms with E-state index in [9.17, 15) is 9.59 Å². The van der Waals surface area contributed by atoms with Crippen molar-refractivity contribution in [3.63, 3.8) is 0 Å². The molecule has 7 nitrogen and oxygen atoms in total. The predicted octanol–water partition coefficient (Wildman–Crippen LogP) is 3.35. The summed E-state index contributed by atoms with van der Waals surface area (Å²) in [6.45, 7) is 9.12. The molecule has 1 amide bonds. The molecule has 0 radical (unpaired) electrons. The number of benzene rings is 1. The van der Waals surface area contributed by atoms with Gasteiger partial charge in [-0.25, -0.2) is 4.79 Å². The van der Waals surface area contributed by atoms with Crippen LogP contribution in [0.25, 0.3) is 0 Å². The summed E-state index contributed by atoms with van der Waals surface area (Å²) < 4.78 is 21.9. The summed E-state index contributed by atoms with van der Waals surface area (Å²) in [7, 11) is 0. The lowest BCUT2D eigenvalue weighted by molar-refractivity contribution is -0.124. The fourth-order valence-electron chi connectivity index (χ4n) is 2.37. The summed E-state index contributed by atoms with van der Waals surface area (Å²) >= 11 is 0. The molecular formula is C20H31NO6. The molecular weight excluding hydrogens is 350 g/mol. The van der Waals surface area contributed by atoms with E-state index in [0.717, 1.165) is 19.3 Å². The Labute approximate surface area is 161 Å². The van der Waals surface area contributed by atoms with E-state index in [4.69, 9.17) is 18.9 Å². The van der Waals surface area contributed by atoms with Gasteiger partial charge in [-0.3, -0.25) is 4.79 Å². The van der Waals surface area contributed by atoms with Gasteiger partial charge >= 0.3 is 5.97 Å². The lowest BCUT2D eigenvalue weighted by Gasteiger charge is -2.16. The third-order valence-electron chi connectivity index (χ3n) is 3.58. The third kappa shape index (κ3) is 7.76. The summed E-state index contributed by atoms with van der Waals surface area (Å²) in [6, 6.07) is 3.08. The van der Waals surface area contributed by atoms with E-state index in [0.29, 0.717) is 43.6 Å². The molecule has 0 fully saturated rings. The highest BCUT2D eigenvalue weighted by Gasteiger charge is 2.19. The van der Waals surface area contributed by atoms with Gasteiger partial charge in [-0.1, -0.05) is 19.8 Å². The third-order valence-corrected chi connectivity index (χ3v) is 3.58. The van der Waals surface area contributed by atoms with Crippen LogP contribution in [0.3, 0.4) is 0 Å². The van der Waals surface area contributed by atoms with Crippen LogP contribution in [-0.4, -0.2) is 44.8 Å². The van der Waals surface area contributed by atoms with Crippen molar-refractivity contribution in [2.45, 2.75) is 47.0 Å². The zero-order chi connectivity index (χ0) is 20.1. The molecule has 0 aliphatic rings. The molecule has 152 valence electrons. The number of ether oxygens (including phenoxy) is 4. The summed E-state index contributed by atoms with van der Waals surface area (Å²) in [4.78, 5) is 24.1. The fourth-order valence-corrected chi connectivity index (χ4v) is 2.37. The van der Waals surface area contributed by atoms with Gasteiger partial charge in [-0.15, -0.1) is 0 Å². The smallest absolute Gasteiger partial charge is 0.338 e. The van der Waals surface area contributed by atoms with Crippen molar-refractivity contribution in [3.8, 4) is 17.2 Å². The summed E-state index contributed by atoms with van der Waals surface area (Å²) in [5.74, 6) is 0.318. The largest absolute Gasteiger partial charge is 0.490 e. The second kappa shape index (κ2) is 12.8. The minimum absolute atomic E-state index is 0.240. The van der Waals surface area contributed by atoms with Crippen LogP contribution in [0.2, 0.25) is 0 Å². The first kappa shape index (κ1) is 22.6. The zero-order valence-corrected chi connectivity index (χ0v) is 16.8. The lowest BCUT2D eigenvalue weighted by Crippen LogP contribution is -2.29.